The molecular formula is C26H30FN3O5S. The third-order valence-electron chi connectivity index (χ3n) is 6.49. The van der Waals surface area contributed by atoms with Crippen molar-refractivity contribution in [2.24, 2.45) is 0 Å². The molecule has 3 aromatic rings. The van der Waals surface area contributed by atoms with Crippen LogP contribution in [-0.4, -0.2) is 37.9 Å². The quantitative estimate of drug-likeness (QED) is 0.524. The predicted octanol–water partition coefficient (Wildman–Crippen LogP) is 3.16. The van der Waals surface area contributed by atoms with Gasteiger partial charge in [0.05, 0.1) is 19.1 Å². The van der Waals surface area contributed by atoms with Gasteiger partial charge in [-0.15, -0.1) is 0 Å². The van der Waals surface area contributed by atoms with Gasteiger partial charge in [-0.3, -0.25) is 14.3 Å². The molecule has 1 heterocycles. The summed E-state index contributed by atoms with van der Waals surface area (Å²) in [6.45, 7) is 5.77. The van der Waals surface area contributed by atoms with E-state index < -0.39 is 26.9 Å². The zero-order chi connectivity index (χ0) is 26.5. The highest BCUT2D eigenvalue weighted by molar-refractivity contribution is 7.88. The van der Waals surface area contributed by atoms with E-state index in [4.69, 9.17) is 4.74 Å². The molecule has 36 heavy (non-hydrogen) atoms. The van der Waals surface area contributed by atoms with Crippen LogP contribution in [0.25, 0.3) is 16.8 Å². The Morgan fingerprint density at radius 2 is 1.89 bits per heavy atom. The van der Waals surface area contributed by atoms with Gasteiger partial charge in [-0.05, 0) is 47.1 Å². The van der Waals surface area contributed by atoms with E-state index in [9.17, 15) is 18.0 Å². The summed E-state index contributed by atoms with van der Waals surface area (Å²) in [6.07, 6.45) is 3.06. The fourth-order valence-corrected chi connectivity index (χ4v) is 5.16. The molecule has 1 aliphatic rings. The lowest BCUT2D eigenvalue weighted by Crippen LogP contribution is -2.35. The second-order valence-corrected chi connectivity index (χ2v) is 12.1. The van der Waals surface area contributed by atoms with Crippen molar-refractivity contribution in [3.05, 3.63) is 80.1 Å². The van der Waals surface area contributed by atoms with E-state index in [1.54, 1.807) is 25.3 Å². The molecule has 2 N–H and O–H groups in total. The molecule has 0 aliphatic heterocycles. The van der Waals surface area contributed by atoms with Gasteiger partial charge >= 0.3 is 5.69 Å². The van der Waals surface area contributed by atoms with Crippen LogP contribution in [0.15, 0.2) is 52.2 Å². The van der Waals surface area contributed by atoms with Crippen LogP contribution in [0.2, 0.25) is 0 Å². The summed E-state index contributed by atoms with van der Waals surface area (Å²) in [7, 11) is -1.94. The molecule has 0 radical (unpaired) electrons. The fraction of sp³-hybridized carbons (Fsp3) is 0.385. The Balaban J connectivity index is 1.88. The number of aromatic nitrogens is 2. The monoisotopic (exact) mass is 515 g/mol. The Bertz CT molecular complexity index is 1550. The number of sulfonamides is 1. The minimum Gasteiger partial charge on any atom is -0.496 e. The summed E-state index contributed by atoms with van der Waals surface area (Å²) in [5.74, 6) is 0.631. The van der Waals surface area contributed by atoms with Gasteiger partial charge in [-0.25, -0.2) is 22.3 Å². The van der Waals surface area contributed by atoms with Crippen LogP contribution in [0, 0.1) is 0 Å². The highest BCUT2D eigenvalue weighted by Crippen LogP contribution is 2.45. The number of H-pyrrole nitrogens is 1. The minimum absolute atomic E-state index is 0.172. The molecule has 0 fully saturated rings. The van der Waals surface area contributed by atoms with Crippen molar-refractivity contribution in [3.8, 4) is 22.6 Å². The maximum absolute atomic E-state index is 15.7. The third kappa shape index (κ3) is 5.01. The smallest absolute Gasteiger partial charge is 0.332 e. The number of aryl methyl sites for hydroxylation is 1. The van der Waals surface area contributed by atoms with Gasteiger partial charge in [0, 0.05) is 29.9 Å². The average Bonchev–Trinajstić information content (AvgIpc) is 3.12. The van der Waals surface area contributed by atoms with Crippen LogP contribution in [-0.2, 0) is 27.5 Å². The van der Waals surface area contributed by atoms with Gasteiger partial charge in [-0.2, -0.15) is 0 Å². The first kappa shape index (κ1) is 25.8. The number of methoxy groups -OCH3 is 1. The second-order valence-electron chi connectivity index (χ2n) is 10.2. The topological polar surface area (TPSA) is 110 Å². The van der Waals surface area contributed by atoms with Crippen molar-refractivity contribution < 1.29 is 17.5 Å². The molecule has 0 bridgehead atoms. The first-order chi connectivity index (χ1) is 16.7. The van der Waals surface area contributed by atoms with Crippen LogP contribution < -0.4 is 20.7 Å². The number of halogens is 1. The number of hydrogen-bond acceptors (Lipinski definition) is 5. The molecule has 10 heteroatoms. The molecule has 8 nitrogen and oxygen atoms in total. The van der Waals surface area contributed by atoms with Crippen LogP contribution in [0.1, 0.15) is 43.9 Å². The molecule has 192 valence electrons. The Labute approximate surface area is 209 Å². The number of nitrogens with zero attached hydrogens (tertiary/aromatic N) is 1. The van der Waals surface area contributed by atoms with Crippen LogP contribution in [0.3, 0.4) is 0 Å². The van der Waals surface area contributed by atoms with Crippen molar-refractivity contribution in [3.63, 3.8) is 0 Å². The van der Waals surface area contributed by atoms with Gasteiger partial charge in [0.25, 0.3) is 5.56 Å². The van der Waals surface area contributed by atoms with Gasteiger partial charge in [0.1, 0.15) is 11.4 Å². The summed E-state index contributed by atoms with van der Waals surface area (Å²) in [4.78, 5) is 26.4. The lowest BCUT2D eigenvalue weighted by atomic mass is 9.83. The van der Waals surface area contributed by atoms with E-state index in [2.05, 4.69) is 9.71 Å². The number of hydrogen-bond donors (Lipinski definition) is 2. The van der Waals surface area contributed by atoms with Gasteiger partial charge in [0.15, 0.2) is 0 Å². The first-order valence-electron chi connectivity index (χ1n) is 11.5. The Hall–Kier alpha value is -3.24. The van der Waals surface area contributed by atoms with Crippen molar-refractivity contribution >= 4 is 10.0 Å². The molecule has 0 amide bonds. The summed E-state index contributed by atoms with van der Waals surface area (Å²) in [6, 6.07) is 10.3. The maximum Gasteiger partial charge on any atom is 0.332 e. The van der Waals surface area contributed by atoms with E-state index in [0.717, 1.165) is 22.9 Å². The van der Waals surface area contributed by atoms with Crippen LogP contribution in [0.5, 0.6) is 5.75 Å². The lowest BCUT2D eigenvalue weighted by Gasteiger charge is -2.26. The fourth-order valence-electron chi connectivity index (χ4n) is 4.67. The van der Waals surface area contributed by atoms with Gasteiger partial charge in [0.2, 0.25) is 10.0 Å². The van der Waals surface area contributed by atoms with Gasteiger partial charge < -0.3 is 4.74 Å². The summed E-state index contributed by atoms with van der Waals surface area (Å²) >= 11 is 0. The van der Waals surface area contributed by atoms with E-state index in [-0.39, 0.29) is 18.4 Å². The number of nitrogens with one attached hydrogen (secondary N) is 2. The minimum atomic E-state index is -3.53. The van der Waals surface area contributed by atoms with E-state index >= 15 is 4.39 Å². The number of aromatic amines is 1. The molecule has 0 unspecified atom stereocenters. The Kier molecular flexibility index (Phi) is 6.47. The van der Waals surface area contributed by atoms with Crippen LogP contribution in [0.4, 0.5) is 4.39 Å². The first-order valence-corrected chi connectivity index (χ1v) is 13.4. The predicted molar refractivity (Wildman–Crippen MR) is 137 cm³/mol. The third-order valence-corrected chi connectivity index (χ3v) is 7.16. The summed E-state index contributed by atoms with van der Waals surface area (Å²) < 4.78 is 48.2. The van der Waals surface area contributed by atoms with E-state index in [1.807, 2.05) is 32.9 Å². The van der Waals surface area contributed by atoms with E-state index in [0.29, 0.717) is 29.0 Å². The van der Waals surface area contributed by atoms with Gasteiger partial charge in [-0.1, -0.05) is 39.0 Å². The highest BCUT2D eigenvalue weighted by Gasteiger charge is 2.39. The number of ether oxygens (including phenoxy) is 1. The SMILES string of the molecule is COc1c(-c2ccc3c(c2)CC[C@@]3(F)CNS(C)(=O)=O)cc(-n2ccc(=O)[nH]c2=O)cc1C(C)(C)C. The summed E-state index contributed by atoms with van der Waals surface area (Å²) in [5.41, 5.74) is 0.965. The molecule has 0 spiro atoms. The van der Waals surface area contributed by atoms with Crippen molar-refractivity contribution in [2.75, 3.05) is 19.9 Å². The van der Waals surface area contributed by atoms with Crippen molar-refractivity contribution in [1.82, 2.24) is 14.3 Å². The Morgan fingerprint density at radius 3 is 2.50 bits per heavy atom. The summed E-state index contributed by atoms with van der Waals surface area (Å²) in [5, 5.41) is 0. The lowest BCUT2D eigenvalue weighted by molar-refractivity contribution is 0.171. The number of rotatable bonds is 6. The van der Waals surface area contributed by atoms with Crippen LogP contribution >= 0.6 is 0 Å². The molecular weight excluding hydrogens is 485 g/mol. The molecule has 1 aliphatic carbocycles. The number of benzene rings is 2. The molecule has 1 aromatic heterocycles. The zero-order valence-electron chi connectivity index (χ0n) is 20.9. The highest BCUT2D eigenvalue weighted by atomic mass is 32.2. The zero-order valence-corrected chi connectivity index (χ0v) is 21.8. The molecule has 4 rings (SSSR count). The maximum atomic E-state index is 15.7. The van der Waals surface area contributed by atoms with E-state index in [1.165, 1.54) is 16.8 Å². The average molecular weight is 516 g/mol. The largest absolute Gasteiger partial charge is 0.496 e. The van der Waals surface area contributed by atoms with Crippen molar-refractivity contribution in [2.45, 2.75) is 44.7 Å². The molecule has 0 saturated carbocycles. The van der Waals surface area contributed by atoms with Crippen molar-refractivity contribution in [1.29, 1.82) is 0 Å². The number of alkyl halides is 1. The standard InChI is InChI=1S/C26H30FN3O5S/c1-25(2,3)21-14-18(30-11-9-22(31)29-24(30)32)13-19(23(21)35-4)16-6-7-20-17(12-16)8-10-26(20,27)15-28-36(5,33)34/h6-7,9,11-14,28H,8,10,15H2,1-5H3,(H,29,31,32)/t26-/m1/s1. The molecule has 0 saturated heterocycles. The molecule has 1 atom stereocenters. The normalized spacial score (nSPS) is 17.7. The second kappa shape index (κ2) is 9.01. The number of fused-ring (bicyclic) bond motifs is 1. The Morgan fingerprint density at radius 1 is 1.17 bits per heavy atom. The molecule has 2 aromatic carbocycles.